The maximum absolute atomic E-state index is 11.9. The summed E-state index contributed by atoms with van der Waals surface area (Å²) in [6.45, 7) is 0.673. The van der Waals surface area contributed by atoms with Crippen molar-refractivity contribution in [1.29, 1.82) is 0 Å². The highest BCUT2D eigenvalue weighted by Gasteiger charge is 2.18. The summed E-state index contributed by atoms with van der Waals surface area (Å²) < 4.78 is 5.11. The minimum absolute atomic E-state index is 0.139. The Bertz CT molecular complexity index is 415. The fraction of sp³-hybridized carbons (Fsp3) is 0.273. The highest BCUT2D eigenvalue weighted by Crippen LogP contribution is 2.20. The van der Waals surface area contributed by atoms with Crippen LogP contribution in [0.25, 0.3) is 0 Å². The normalized spacial score (nSPS) is 15.4. The van der Waals surface area contributed by atoms with Crippen LogP contribution >= 0.6 is 11.6 Å². The first-order valence-corrected chi connectivity index (χ1v) is 5.12. The van der Waals surface area contributed by atoms with Gasteiger partial charge in [-0.3, -0.25) is 9.78 Å². The summed E-state index contributed by atoms with van der Waals surface area (Å²) in [5.41, 5.74) is 0.942. The van der Waals surface area contributed by atoms with Gasteiger partial charge in [-0.1, -0.05) is 11.6 Å². The number of nitrogens with zero attached hydrogens (tertiary/aromatic N) is 1. The van der Waals surface area contributed by atoms with Crippen LogP contribution in [0.5, 0.6) is 0 Å². The van der Waals surface area contributed by atoms with Gasteiger partial charge < -0.3 is 4.74 Å². The van der Waals surface area contributed by atoms with Crippen LogP contribution < -0.4 is 0 Å². The molecule has 0 unspecified atom stereocenters. The number of halogens is 1. The van der Waals surface area contributed by atoms with Crippen molar-refractivity contribution in [3.05, 3.63) is 40.9 Å². The molecular weight excluding hydrogens is 214 g/mol. The van der Waals surface area contributed by atoms with Crippen molar-refractivity contribution in [1.82, 2.24) is 4.98 Å². The standard InChI is InChI=1S/C11H10ClNO2/c12-9-4-1-5-13-10(9)11(14)8-3-2-6-15-7-8/h1,4-5,7H,2-3,6H2. The Hall–Kier alpha value is -1.35. The SMILES string of the molecule is O=C(C1=COCCC1)c1ncccc1Cl. The number of Topliss-reactive ketones (excluding diaryl/α,β-unsaturated/α-hetero) is 1. The highest BCUT2D eigenvalue weighted by atomic mass is 35.5. The number of carbonyl (C=O) groups excluding carboxylic acids is 1. The van der Waals surface area contributed by atoms with E-state index in [0.717, 1.165) is 12.8 Å². The molecule has 1 aromatic heterocycles. The van der Waals surface area contributed by atoms with Gasteiger partial charge in [0, 0.05) is 11.8 Å². The first-order valence-electron chi connectivity index (χ1n) is 4.75. The summed E-state index contributed by atoms with van der Waals surface area (Å²) in [5, 5.41) is 0.383. The summed E-state index contributed by atoms with van der Waals surface area (Å²) in [7, 11) is 0. The van der Waals surface area contributed by atoms with Crippen molar-refractivity contribution in [2.75, 3.05) is 6.61 Å². The number of ether oxygens (including phenoxy) is 1. The average molecular weight is 224 g/mol. The Labute approximate surface area is 92.7 Å². The Kier molecular flexibility index (Phi) is 3.02. The zero-order chi connectivity index (χ0) is 10.7. The van der Waals surface area contributed by atoms with Gasteiger partial charge in [0.15, 0.2) is 0 Å². The molecule has 3 nitrogen and oxygen atoms in total. The zero-order valence-electron chi connectivity index (χ0n) is 8.07. The lowest BCUT2D eigenvalue weighted by atomic mass is 10.0. The van der Waals surface area contributed by atoms with Crippen LogP contribution in [-0.4, -0.2) is 17.4 Å². The van der Waals surface area contributed by atoms with Gasteiger partial charge in [0.2, 0.25) is 5.78 Å². The molecule has 0 saturated heterocycles. The van der Waals surface area contributed by atoms with Gasteiger partial charge in [0.05, 0.1) is 17.9 Å². The minimum atomic E-state index is -0.139. The predicted molar refractivity (Wildman–Crippen MR) is 56.8 cm³/mol. The molecule has 0 amide bonds. The van der Waals surface area contributed by atoms with E-state index in [2.05, 4.69) is 4.98 Å². The largest absolute Gasteiger partial charge is 0.501 e. The number of rotatable bonds is 2. The molecule has 0 aromatic carbocycles. The molecule has 4 heteroatoms. The van der Waals surface area contributed by atoms with E-state index in [0.29, 0.717) is 22.9 Å². The molecular formula is C11H10ClNO2. The van der Waals surface area contributed by atoms with Crippen molar-refractivity contribution in [2.24, 2.45) is 0 Å². The lowest BCUT2D eigenvalue weighted by Crippen LogP contribution is -2.11. The van der Waals surface area contributed by atoms with E-state index >= 15 is 0 Å². The fourth-order valence-corrected chi connectivity index (χ4v) is 1.64. The third kappa shape index (κ3) is 2.18. The average Bonchev–Trinajstić information content (AvgIpc) is 2.30. The summed E-state index contributed by atoms with van der Waals surface area (Å²) >= 11 is 5.89. The van der Waals surface area contributed by atoms with E-state index in [9.17, 15) is 4.79 Å². The first-order chi connectivity index (χ1) is 7.29. The monoisotopic (exact) mass is 223 g/mol. The summed E-state index contributed by atoms with van der Waals surface area (Å²) in [6.07, 6.45) is 4.66. The van der Waals surface area contributed by atoms with E-state index in [4.69, 9.17) is 16.3 Å². The lowest BCUT2D eigenvalue weighted by Gasteiger charge is -2.12. The summed E-state index contributed by atoms with van der Waals surface area (Å²) in [4.78, 5) is 15.9. The molecule has 78 valence electrons. The molecule has 1 aliphatic heterocycles. The van der Waals surface area contributed by atoms with Crippen LogP contribution in [0.4, 0.5) is 0 Å². The molecule has 0 bridgehead atoms. The second-order valence-electron chi connectivity index (χ2n) is 3.28. The van der Waals surface area contributed by atoms with E-state index in [1.54, 1.807) is 18.3 Å². The molecule has 0 N–H and O–H groups in total. The van der Waals surface area contributed by atoms with Gasteiger partial charge in [0.25, 0.3) is 0 Å². The van der Waals surface area contributed by atoms with Crippen LogP contribution in [0.2, 0.25) is 5.02 Å². The van der Waals surface area contributed by atoms with Crippen LogP contribution in [-0.2, 0) is 4.74 Å². The molecule has 2 heterocycles. The third-order valence-electron chi connectivity index (χ3n) is 2.20. The number of hydrogen-bond acceptors (Lipinski definition) is 3. The van der Waals surface area contributed by atoms with Crippen LogP contribution in [0.1, 0.15) is 23.3 Å². The number of aromatic nitrogens is 1. The van der Waals surface area contributed by atoms with E-state index < -0.39 is 0 Å². The van der Waals surface area contributed by atoms with Gasteiger partial charge in [-0.2, -0.15) is 0 Å². The van der Waals surface area contributed by atoms with Crippen molar-refractivity contribution >= 4 is 17.4 Å². The Morgan fingerprint density at radius 2 is 2.40 bits per heavy atom. The molecule has 2 rings (SSSR count). The molecule has 0 atom stereocenters. The molecule has 15 heavy (non-hydrogen) atoms. The van der Waals surface area contributed by atoms with E-state index in [-0.39, 0.29) is 5.78 Å². The fourth-order valence-electron chi connectivity index (χ4n) is 1.44. The molecule has 0 spiro atoms. The maximum atomic E-state index is 11.9. The maximum Gasteiger partial charge on any atom is 0.211 e. The van der Waals surface area contributed by atoms with Gasteiger partial charge in [0.1, 0.15) is 5.69 Å². The van der Waals surface area contributed by atoms with Crippen molar-refractivity contribution in [3.8, 4) is 0 Å². The van der Waals surface area contributed by atoms with E-state index in [1.807, 2.05) is 0 Å². The van der Waals surface area contributed by atoms with Gasteiger partial charge >= 0.3 is 0 Å². The quantitative estimate of drug-likeness (QED) is 0.724. The van der Waals surface area contributed by atoms with Crippen LogP contribution in [0.3, 0.4) is 0 Å². The highest BCUT2D eigenvalue weighted by molar-refractivity contribution is 6.34. The number of carbonyl (C=O) groups is 1. The molecule has 0 radical (unpaired) electrons. The zero-order valence-corrected chi connectivity index (χ0v) is 8.83. The molecule has 1 aromatic rings. The molecule has 0 fully saturated rings. The number of ketones is 1. The topological polar surface area (TPSA) is 39.2 Å². The lowest BCUT2D eigenvalue weighted by molar-refractivity contribution is 0.101. The van der Waals surface area contributed by atoms with Gasteiger partial charge in [-0.05, 0) is 25.0 Å². The van der Waals surface area contributed by atoms with Crippen LogP contribution in [0.15, 0.2) is 30.2 Å². The second kappa shape index (κ2) is 4.45. The first kappa shape index (κ1) is 10.2. The number of hydrogen-bond donors (Lipinski definition) is 0. The second-order valence-corrected chi connectivity index (χ2v) is 3.69. The van der Waals surface area contributed by atoms with Gasteiger partial charge in [-0.15, -0.1) is 0 Å². The predicted octanol–water partition coefficient (Wildman–Crippen LogP) is 2.61. The Morgan fingerprint density at radius 1 is 1.53 bits per heavy atom. The van der Waals surface area contributed by atoms with Crippen molar-refractivity contribution in [3.63, 3.8) is 0 Å². The molecule has 1 aliphatic rings. The van der Waals surface area contributed by atoms with Crippen molar-refractivity contribution < 1.29 is 9.53 Å². The smallest absolute Gasteiger partial charge is 0.211 e. The molecule has 0 aliphatic carbocycles. The Balaban J connectivity index is 2.28. The Morgan fingerprint density at radius 3 is 3.07 bits per heavy atom. The summed E-state index contributed by atoms with van der Waals surface area (Å²) in [5.74, 6) is -0.139. The number of allylic oxidation sites excluding steroid dienone is 1. The summed E-state index contributed by atoms with van der Waals surface area (Å²) in [6, 6.07) is 3.36. The van der Waals surface area contributed by atoms with Gasteiger partial charge in [-0.25, -0.2) is 0 Å². The third-order valence-corrected chi connectivity index (χ3v) is 2.50. The van der Waals surface area contributed by atoms with Crippen molar-refractivity contribution in [2.45, 2.75) is 12.8 Å². The van der Waals surface area contributed by atoms with E-state index in [1.165, 1.54) is 6.26 Å². The molecule has 0 saturated carbocycles. The number of pyridine rings is 1. The minimum Gasteiger partial charge on any atom is -0.501 e. The van der Waals surface area contributed by atoms with Crippen LogP contribution in [0, 0.1) is 0 Å².